The molecule has 0 saturated carbocycles. The molecule has 0 aliphatic carbocycles. The van der Waals surface area contributed by atoms with Crippen molar-refractivity contribution in [1.29, 1.82) is 0 Å². The number of hydrazone groups is 1. The summed E-state index contributed by atoms with van der Waals surface area (Å²) in [5.74, 6) is -0.709. The van der Waals surface area contributed by atoms with Crippen LogP contribution in [0.5, 0.6) is 5.75 Å². The first kappa shape index (κ1) is 16.4. The van der Waals surface area contributed by atoms with Gasteiger partial charge in [0.05, 0.1) is 11.1 Å². The van der Waals surface area contributed by atoms with Crippen molar-refractivity contribution in [3.63, 3.8) is 0 Å². The van der Waals surface area contributed by atoms with Crippen molar-refractivity contribution >= 4 is 46.5 Å². The van der Waals surface area contributed by atoms with Crippen LogP contribution in [0.25, 0.3) is 6.08 Å². The van der Waals surface area contributed by atoms with Crippen LogP contribution >= 0.6 is 24.0 Å². The van der Waals surface area contributed by atoms with Gasteiger partial charge in [0.15, 0.2) is 4.32 Å². The molecule has 1 heterocycles. The monoisotopic (exact) mass is 358 g/mol. The number of phenols is 1. The van der Waals surface area contributed by atoms with E-state index >= 15 is 0 Å². The van der Waals surface area contributed by atoms with E-state index < -0.39 is 5.82 Å². The number of thioether (sulfide) groups is 1. The number of rotatable bonds is 3. The molecule has 0 bridgehead atoms. The van der Waals surface area contributed by atoms with Crippen LogP contribution < -0.4 is 0 Å². The van der Waals surface area contributed by atoms with E-state index in [1.807, 2.05) is 0 Å². The number of amides is 1. The first-order valence-corrected chi connectivity index (χ1v) is 8.12. The number of carbonyl (C=O) groups excluding carboxylic acids is 1. The van der Waals surface area contributed by atoms with Gasteiger partial charge in [-0.1, -0.05) is 42.1 Å². The van der Waals surface area contributed by atoms with Crippen LogP contribution in [0, 0.1) is 5.82 Å². The minimum absolute atomic E-state index is 0.108. The van der Waals surface area contributed by atoms with Crippen LogP contribution in [0.4, 0.5) is 4.39 Å². The van der Waals surface area contributed by atoms with Gasteiger partial charge in [0.2, 0.25) is 0 Å². The van der Waals surface area contributed by atoms with Crippen LogP contribution in [0.3, 0.4) is 0 Å². The standard InChI is InChI=1S/C17H11FN2O2S2/c18-14-7-2-1-5-12(14)10-19-20-16(22)15(24-17(20)23)9-11-4-3-6-13(21)8-11/h1-10,21H/b15-9+,19-10+. The lowest BCUT2D eigenvalue weighted by atomic mass is 10.2. The summed E-state index contributed by atoms with van der Waals surface area (Å²) in [6.07, 6.45) is 2.88. The molecule has 24 heavy (non-hydrogen) atoms. The first-order valence-electron chi connectivity index (χ1n) is 6.90. The molecule has 2 aromatic carbocycles. The van der Waals surface area contributed by atoms with E-state index in [2.05, 4.69) is 5.10 Å². The van der Waals surface area contributed by atoms with Gasteiger partial charge in [-0.2, -0.15) is 10.1 Å². The van der Waals surface area contributed by atoms with Crippen LogP contribution in [0.15, 0.2) is 58.5 Å². The van der Waals surface area contributed by atoms with Crippen molar-refractivity contribution in [3.05, 3.63) is 70.4 Å². The number of hydrogen-bond acceptors (Lipinski definition) is 5. The topological polar surface area (TPSA) is 52.9 Å². The van der Waals surface area contributed by atoms with Crippen LogP contribution in [-0.4, -0.2) is 26.6 Å². The molecular weight excluding hydrogens is 347 g/mol. The third-order valence-electron chi connectivity index (χ3n) is 3.16. The fourth-order valence-corrected chi connectivity index (χ4v) is 3.20. The fraction of sp³-hybridized carbons (Fsp3) is 0. The Balaban J connectivity index is 1.83. The second-order valence-corrected chi connectivity index (χ2v) is 6.53. The van der Waals surface area contributed by atoms with E-state index in [0.29, 0.717) is 10.5 Å². The number of nitrogens with zero attached hydrogens (tertiary/aromatic N) is 2. The Labute approximate surface area is 147 Å². The fourth-order valence-electron chi connectivity index (χ4n) is 2.02. The van der Waals surface area contributed by atoms with Gasteiger partial charge in [-0.3, -0.25) is 4.79 Å². The van der Waals surface area contributed by atoms with Crippen molar-refractivity contribution in [2.75, 3.05) is 0 Å². The third kappa shape index (κ3) is 3.52. The average molecular weight is 358 g/mol. The largest absolute Gasteiger partial charge is 0.508 e. The van der Waals surface area contributed by atoms with E-state index in [1.165, 1.54) is 18.3 Å². The molecule has 0 aromatic heterocycles. The molecule has 0 unspecified atom stereocenters. The van der Waals surface area contributed by atoms with Crippen LogP contribution in [-0.2, 0) is 4.79 Å². The number of thiocarbonyl (C=S) groups is 1. The summed E-state index contributed by atoms with van der Waals surface area (Å²) in [7, 11) is 0. The Morgan fingerprint density at radius 2 is 2.00 bits per heavy atom. The van der Waals surface area contributed by atoms with Crippen LogP contribution in [0.1, 0.15) is 11.1 Å². The molecule has 0 atom stereocenters. The second kappa shape index (κ2) is 6.94. The molecule has 4 nitrogen and oxygen atoms in total. The zero-order valence-electron chi connectivity index (χ0n) is 12.2. The minimum Gasteiger partial charge on any atom is -0.508 e. The summed E-state index contributed by atoms with van der Waals surface area (Å²) in [5.41, 5.74) is 0.942. The smallest absolute Gasteiger partial charge is 0.286 e. The molecule has 0 spiro atoms. The molecule has 7 heteroatoms. The number of aromatic hydroxyl groups is 1. The van der Waals surface area contributed by atoms with Gasteiger partial charge in [0.1, 0.15) is 11.6 Å². The molecule has 1 aliphatic heterocycles. The van der Waals surface area contributed by atoms with Gasteiger partial charge >= 0.3 is 0 Å². The Morgan fingerprint density at radius 3 is 2.75 bits per heavy atom. The number of carbonyl (C=O) groups is 1. The molecule has 0 radical (unpaired) electrons. The van der Waals surface area contributed by atoms with Gasteiger partial charge in [0.25, 0.3) is 5.91 Å². The SMILES string of the molecule is O=C1/C(=C\c2cccc(O)c2)SC(=S)N1/N=C/c1ccccc1F. The number of hydrogen-bond donors (Lipinski definition) is 1. The molecule has 120 valence electrons. The van der Waals surface area contributed by atoms with Gasteiger partial charge in [-0.25, -0.2) is 4.39 Å². The quantitative estimate of drug-likeness (QED) is 0.516. The normalized spacial score (nSPS) is 16.5. The van der Waals surface area contributed by atoms with E-state index in [4.69, 9.17) is 12.2 Å². The maximum atomic E-state index is 13.6. The van der Waals surface area contributed by atoms with Crippen molar-refractivity contribution in [3.8, 4) is 5.75 Å². The molecule has 3 rings (SSSR count). The minimum atomic E-state index is -0.429. The average Bonchev–Trinajstić information content (AvgIpc) is 2.81. The molecular formula is C17H11FN2O2S2. The summed E-state index contributed by atoms with van der Waals surface area (Å²) in [5, 5.41) is 14.5. The predicted octanol–water partition coefficient (Wildman–Crippen LogP) is 3.77. The lowest BCUT2D eigenvalue weighted by Gasteiger charge is -2.06. The maximum Gasteiger partial charge on any atom is 0.286 e. The molecule has 1 aliphatic rings. The summed E-state index contributed by atoms with van der Waals surface area (Å²) in [4.78, 5) is 12.8. The number of phenolic OH excluding ortho intramolecular Hbond substituents is 1. The molecule has 1 amide bonds. The lowest BCUT2D eigenvalue weighted by Crippen LogP contribution is -2.22. The predicted molar refractivity (Wildman–Crippen MR) is 97.1 cm³/mol. The summed E-state index contributed by atoms with van der Waals surface area (Å²) in [6.45, 7) is 0. The molecule has 1 N–H and O–H groups in total. The zero-order chi connectivity index (χ0) is 17.1. The highest BCUT2D eigenvalue weighted by molar-refractivity contribution is 8.26. The van der Waals surface area contributed by atoms with Gasteiger partial charge in [-0.05, 0) is 42.1 Å². The third-order valence-corrected chi connectivity index (χ3v) is 4.44. The maximum absolute atomic E-state index is 13.6. The van der Waals surface area contributed by atoms with E-state index in [9.17, 15) is 14.3 Å². The van der Waals surface area contributed by atoms with E-state index in [-0.39, 0.29) is 21.5 Å². The molecule has 1 fully saturated rings. The zero-order valence-corrected chi connectivity index (χ0v) is 13.9. The summed E-state index contributed by atoms with van der Waals surface area (Å²) < 4.78 is 13.9. The van der Waals surface area contributed by atoms with Crippen LogP contribution in [0.2, 0.25) is 0 Å². The Bertz CT molecular complexity index is 880. The van der Waals surface area contributed by atoms with Crippen molar-refractivity contribution in [1.82, 2.24) is 5.01 Å². The highest BCUT2D eigenvalue weighted by atomic mass is 32.2. The van der Waals surface area contributed by atoms with E-state index in [1.54, 1.807) is 42.5 Å². The summed E-state index contributed by atoms with van der Waals surface area (Å²) >= 11 is 6.26. The summed E-state index contributed by atoms with van der Waals surface area (Å²) in [6, 6.07) is 12.6. The highest BCUT2D eigenvalue weighted by Gasteiger charge is 2.32. The number of halogens is 1. The van der Waals surface area contributed by atoms with Gasteiger partial charge in [-0.15, -0.1) is 0 Å². The van der Waals surface area contributed by atoms with E-state index in [0.717, 1.165) is 16.8 Å². The highest BCUT2D eigenvalue weighted by Crippen LogP contribution is 2.33. The number of benzene rings is 2. The van der Waals surface area contributed by atoms with Crippen molar-refractivity contribution in [2.24, 2.45) is 5.10 Å². The first-order chi connectivity index (χ1) is 11.5. The molecule has 1 saturated heterocycles. The molecule has 2 aromatic rings. The van der Waals surface area contributed by atoms with Gasteiger partial charge in [0, 0.05) is 5.56 Å². The Morgan fingerprint density at radius 1 is 1.21 bits per heavy atom. The van der Waals surface area contributed by atoms with Crippen molar-refractivity contribution < 1.29 is 14.3 Å². The van der Waals surface area contributed by atoms with Crippen molar-refractivity contribution in [2.45, 2.75) is 0 Å². The Hall–Kier alpha value is -2.51. The second-order valence-electron chi connectivity index (χ2n) is 4.85. The van der Waals surface area contributed by atoms with Gasteiger partial charge < -0.3 is 5.11 Å². The lowest BCUT2D eigenvalue weighted by molar-refractivity contribution is -0.122. The Kier molecular flexibility index (Phi) is 4.73.